The molecule has 1 atom stereocenters. The van der Waals surface area contributed by atoms with Crippen molar-refractivity contribution in [3.05, 3.63) is 112 Å². The summed E-state index contributed by atoms with van der Waals surface area (Å²) in [5.74, 6) is 0.0398. The van der Waals surface area contributed by atoms with Crippen LogP contribution in [0.25, 0.3) is 0 Å². The van der Waals surface area contributed by atoms with Gasteiger partial charge in [0.1, 0.15) is 6.04 Å². The summed E-state index contributed by atoms with van der Waals surface area (Å²) in [5.41, 5.74) is 2.28. The Morgan fingerprint density at radius 3 is 2.12 bits per heavy atom. The average Bonchev–Trinajstić information content (AvgIpc) is 2.99. The van der Waals surface area contributed by atoms with Gasteiger partial charge in [-0.1, -0.05) is 84.6 Å². The molecule has 2 N–H and O–H groups in total. The number of urea groups is 1. The molecule has 0 radical (unpaired) electrons. The van der Waals surface area contributed by atoms with Crippen LogP contribution in [0, 0.1) is 10.1 Å². The highest BCUT2D eigenvalue weighted by Gasteiger charge is 2.24. The van der Waals surface area contributed by atoms with Gasteiger partial charge in [-0.05, 0) is 31.6 Å². The molecule has 0 aromatic heterocycles. The Labute approximate surface area is 250 Å². The largest absolute Gasteiger partial charge is 0.353 e. The smallest absolute Gasteiger partial charge is 0.318 e. The molecule has 0 heterocycles. The Balaban J connectivity index is 1.72. The van der Waals surface area contributed by atoms with E-state index >= 15 is 0 Å². The van der Waals surface area contributed by atoms with Crippen molar-refractivity contribution in [3.63, 3.8) is 0 Å². The molecule has 3 rings (SSSR count). The standard InChI is InChI=1S/C31H37N5O5S/c1-34(2)20-18-32-29(37)28(23-25-13-15-27(16-14-25)36(40)41)33-31(39)35(19-17-24-9-5-3-6-10-24)21-22-42-30(38)26-11-7-4-8-12-26/h3-16,28H,17-23H2,1-2H3,(H,32,37)(H,33,39)/t28-/m0/s1. The number of carbonyl (C=O) groups excluding carboxylic acids is 3. The molecular weight excluding hydrogens is 554 g/mol. The van der Waals surface area contributed by atoms with Crippen molar-refractivity contribution in [1.29, 1.82) is 0 Å². The van der Waals surface area contributed by atoms with Crippen LogP contribution >= 0.6 is 11.8 Å². The zero-order chi connectivity index (χ0) is 30.3. The number of nitro benzene ring substituents is 1. The molecule has 0 saturated carbocycles. The molecule has 0 aliphatic heterocycles. The van der Waals surface area contributed by atoms with Crippen LogP contribution in [-0.2, 0) is 17.6 Å². The number of hydrogen-bond donors (Lipinski definition) is 2. The third kappa shape index (κ3) is 11.0. The molecule has 0 spiro atoms. The molecule has 3 aromatic rings. The number of carbonyl (C=O) groups is 3. The van der Waals surface area contributed by atoms with Crippen LogP contribution in [-0.4, -0.2) is 83.8 Å². The highest BCUT2D eigenvalue weighted by molar-refractivity contribution is 8.14. The highest BCUT2D eigenvalue weighted by Crippen LogP contribution is 2.15. The first-order chi connectivity index (χ1) is 20.2. The molecule has 0 unspecified atom stereocenters. The maximum absolute atomic E-state index is 13.6. The van der Waals surface area contributed by atoms with E-state index < -0.39 is 17.0 Å². The van der Waals surface area contributed by atoms with Gasteiger partial charge in [-0.3, -0.25) is 19.7 Å². The topological polar surface area (TPSA) is 125 Å². The molecule has 0 bridgehead atoms. The molecule has 0 aliphatic rings. The van der Waals surface area contributed by atoms with Gasteiger partial charge < -0.3 is 20.4 Å². The Hall–Kier alpha value is -4.22. The number of nitro groups is 1. The van der Waals surface area contributed by atoms with Gasteiger partial charge in [-0.25, -0.2) is 4.79 Å². The van der Waals surface area contributed by atoms with Gasteiger partial charge in [0.25, 0.3) is 5.69 Å². The maximum atomic E-state index is 13.6. The molecule has 0 aliphatic carbocycles. The fourth-order valence-corrected chi connectivity index (χ4v) is 4.89. The number of benzene rings is 3. The van der Waals surface area contributed by atoms with Gasteiger partial charge in [0.2, 0.25) is 11.0 Å². The number of amides is 3. The highest BCUT2D eigenvalue weighted by atomic mass is 32.2. The molecule has 0 fully saturated rings. The normalized spacial score (nSPS) is 11.5. The van der Waals surface area contributed by atoms with Crippen molar-refractivity contribution in [2.75, 3.05) is 46.0 Å². The third-order valence-electron chi connectivity index (χ3n) is 6.46. The predicted octanol–water partition coefficient (Wildman–Crippen LogP) is 4.01. The van der Waals surface area contributed by atoms with Crippen molar-refractivity contribution in [3.8, 4) is 0 Å². The van der Waals surface area contributed by atoms with Crippen LogP contribution in [0.4, 0.5) is 10.5 Å². The lowest BCUT2D eigenvalue weighted by Crippen LogP contribution is -2.53. The van der Waals surface area contributed by atoms with Crippen molar-refractivity contribution < 1.29 is 19.3 Å². The zero-order valence-electron chi connectivity index (χ0n) is 23.9. The predicted molar refractivity (Wildman–Crippen MR) is 166 cm³/mol. The quantitative estimate of drug-likeness (QED) is 0.202. The van der Waals surface area contributed by atoms with Gasteiger partial charge in [0.15, 0.2) is 0 Å². The second-order valence-electron chi connectivity index (χ2n) is 9.95. The van der Waals surface area contributed by atoms with Crippen LogP contribution in [0.1, 0.15) is 21.5 Å². The van der Waals surface area contributed by atoms with E-state index in [9.17, 15) is 24.5 Å². The Kier molecular flexibility index (Phi) is 13.0. The van der Waals surface area contributed by atoms with E-state index in [1.54, 1.807) is 29.2 Å². The first-order valence-electron chi connectivity index (χ1n) is 13.7. The monoisotopic (exact) mass is 591 g/mol. The lowest BCUT2D eigenvalue weighted by Gasteiger charge is -2.26. The van der Waals surface area contributed by atoms with Crippen molar-refractivity contribution in [2.24, 2.45) is 0 Å². The van der Waals surface area contributed by atoms with Gasteiger partial charge in [-0.2, -0.15) is 0 Å². The maximum Gasteiger partial charge on any atom is 0.318 e. The van der Waals surface area contributed by atoms with Crippen LogP contribution in [0.2, 0.25) is 0 Å². The SMILES string of the molecule is CN(C)CCNC(=O)[C@H](Cc1ccc([N+](=O)[O-])cc1)NC(=O)N(CCSC(=O)c1ccccc1)CCc1ccccc1. The number of non-ortho nitro benzene ring substituents is 1. The van der Waals surface area contributed by atoms with Gasteiger partial charge >= 0.3 is 6.03 Å². The van der Waals surface area contributed by atoms with Gasteiger partial charge in [-0.15, -0.1) is 0 Å². The summed E-state index contributed by atoms with van der Waals surface area (Å²) in [7, 11) is 3.79. The Bertz CT molecular complexity index is 1310. The molecule has 10 nitrogen and oxygen atoms in total. The van der Waals surface area contributed by atoms with E-state index in [0.717, 1.165) is 17.3 Å². The first kappa shape index (κ1) is 32.3. The zero-order valence-corrected chi connectivity index (χ0v) is 24.7. The average molecular weight is 592 g/mol. The minimum atomic E-state index is -0.904. The first-order valence-corrected chi connectivity index (χ1v) is 14.7. The molecular formula is C31H37N5O5S. The molecule has 42 heavy (non-hydrogen) atoms. The molecule has 222 valence electrons. The van der Waals surface area contributed by atoms with E-state index in [-0.39, 0.29) is 23.1 Å². The summed E-state index contributed by atoms with van der Waals surface area (Å²) >= 11 is 1.14. The summed E-state index contributed by atoms with van der Waals surface area (Å²) in [5, 5.41) is 16.7. The second-order valence-corrected chi connectivity index (χ2v) is 11.0. The van der Waals surface area contributed by atoms with E-state index in [0.29, 0.717) is 49.5 Å². The Morgan fingerprint density at radius 2 is 1.50 bits per heavy atom. The molecule has 0 saturated heterocycles. The van der Waals surface area contributed by atoms with Crippen LogP contribution in [0.3, 0.4) is 0 Å². The van der Waals surface area contributed by atoms with Gasteiger partial charge in [0, 0.05) is 56.0 Å². The van der Waals surface area contributed by atoms with E-state index in [2.05, 4.69) is 10.6 Å². The second kappa shape index (κ2) is 16.9. The van der Waals surface area contributed by atoms with Crippen molar-refractivity contribution in [1.82, 2.24) is 20.4 Å². The lowest BCUT2D eigenvalue weighted by atomic mass is 10.0. The minimum Gasteiger partial charge on any atom is -0.353 e. The summed E-state index contributed by atoms with van der Waals surface area (Å²) in [6, 6.07) is 23.4. The van der Waals surface area contributed by atoms with Crippen molar-refractivity contribution in [2.45, 2.75) is 18.9 Å². The van der Waals surface area contributed by atoms with E-state index in [4.69, 9.17) is 0 Å². The number of likely N-dealkylation sites (N-methyl/N-ethyl adjacent to an activating group) is 1. The summed E-state index contributed by atoms with van der Waals surface area (Å²) < 4.78 is 0. The molecule has 3 aromatic carbocycles. The minimum absolute atomic E-state index is 0.0515. The number of thioether (sulfide) groups is 1. The number of nitrogens with zero attached hydrogens (tertiary/aromatic N) is 3. The number of hydrogen-bond acceptors (Lipinski definition) is 7. The van der Waals surface area contributed by atoms with E-state index in [1.165, 1.54) is 12.1 Å². The van der Waals surface area contributed by atoms with Crippen LogP contribution in [0.15, 0.2) is 84.9 Å². The van der Waals surface area contributed by atoms with Crippen LogP contribution < -0.4 is 10.6 Å². The molecule has 3 amide bonds. The number of rotatable bonds is 15. The summed E-state index contributed by atoms with van der Waals surface area (Å²) in [4.78, 5) is 53.5. The van der Waals surface area contributed by atoms with Gasteiger partial charge in [0.05, 0.1) is 4.92 Å². The fraction of sp³-hybridized carbons (Fsp3) is 0.323. The number of nitrogens with one attached hydrogen (secondary N) is 2. The summed E-state index contributed by atoms with van der Waals surface area (Å²) in [6.45, 7) is 1.71. The molecule has 11 heteroatoms. The summed E-state index contributed by atoms with van der Waals surface area (Å²) in [6.07, 6.45) is 0.763. The van der Waals surface area contributed by atoms with Crippen LogP contribution in [0.5, 0.6) is 0 Å². The lowest BCUT2D eigenvalue weighted by molar-refractivity contribution is -0.384. The van der Waals surface area contributed by atoms with Crippen molar-refractivity contribution >= 4 is 34.5 Å². The fourth-order valence-electron chi connectivity index (χ4n) is 4.09. The Morgan fingerprint density at radius 1 is 0.857 bits per heavy atom. The van der Waals surface area contributed by atoms with E-state index in [1.807, 2.05) is 67.5 Å². The third-order valence-corrected chi connectivity index (χ3v) is 7.35.